The molecule has 0 bridgehead atoms. The molecule has 1 N–H and O–H groups in total. The maximum atomic E-state index is 12.2. The molecule has 27 heavy (non-hydrogen) atoms. The number of thiophene rings is 1. The van der Waals surface area contributed by atoms with Crippen LogP contribution >= 0.6 is 11.3 Å². The van der Waals surface area contributed by atoms with E-state index in [0.717, 1.165) is 13.1 Å². The molecule has 1 aliphatic heterocycles. The zero-order chi connectivity index (χ0) is 19.1. The minimum Gasteiger partial charge on any atom is -0.379 e. The Kier molecular flexibility index (Phi) is 6.69. The Hall–Kier alpha value is -2.55. The summed E-state index contributed by atoms with van der Waals surface area (Å²) in [5.41, 5.74) is 0.616. The van der Waals surface area contributed by atoms with Crippen LogP contribution in [0.25, 0.3) is 6.08 Å². The molecule has 0 aliphatic carbocycles. The second-order valence-electron chi connectivity index (χ2n) is 6.11. The third-order valence-corrected chi connectivity index (χ3v) is 5.31. The maximum absolute atomic E-state index is 12.2. The smallest absolute Gasteiger partial charge is 0.270 e. The Morgan fingerprint density at radius 3 is 2.85 bits per heavy atom. The van der Waals surface area contributed by atoms with Crippen LogP contribution in [0.5, 0.6) is 0 Å². The predicted octanol–water partition coefficient (Wildman–Crippen LogP) is 2.86. The molecule has 0 spiro atoms. The minimum absolute atomic E-state index is 0.00244. The van der Waals surface area contributed by atoms with Crippen molar-refractivity contribution in [3.8, 4) is 0 Å². The highest BCUT2D eigenvalue weighted by atomic mass is 32.1. The van der Waals surface area contributed by atoms with E-state index in [9.17, 15) is 14.9 Å². The van der Waals surface area contributed by atoms with Crippen molar-refractivity contribution in [2.75, 3.05) is 32.8 Å². The number of nitrogens with zero attached hydrogens (tertiary/aromatic N) is 2. The summed E-state index contributed by atoms with van der Waals surface area (Å²) in [6.45, 7) is 3.56. The Morgan fingerprint density at radius 1 is 1.33 bits per heavy atom. The van der Waals surface area contributed by atoms with Crippen molar-refractivity contribution >= 4 is 29.0 Å². The highest BCUT2D eigenvalue weighted by molar-refractivity contribution is 7.10. The number of carbonyl (C=O) groups is 1. The number of nitrogens with one attached hydrogen (secondary N) is 1. The van der Waals surface area contributed by atoms with E-state index in [1.165, 1.54) is 23.1 Å². The molecule has 142 valence electrons. The van der Waals surface area contributed by atoms with Crippen molar-refractivity contribution in [2.45, 2.75) is 6.04 Å². The highest BCUT2D eigenvalue weighted by Gasteiger charge is 2.23. The van der Waals surface area contributed by atoms with Crippen LogP contribution in [0.4, 0.5) is 5.69 Å². The Labute approximate surface area is 161 Å². The van der Waals surface area contributed by atoms with Gasteiger partial charge in [-0.15, -0.1) is 11.3 Å². The molecule has 0 saturated carbocycles. The molecule has 2 heterocycles. The third-order valence-electron chi connectivity index (χ3n) is 4.34. The lowest BCUT2D eigenvalue weighted by molar-refractivity contribution is -0.384. The van der Waals surface area contributed by atoms with Crippen molar-refractivity contribution in [1.82, 2.24) is 10.2 Å². The van der Waals surface area contributed by atoms with Crippen LogP contribution in [0.15, 0.2) is 47.9 Å². The fourth-order valence-electron chi connectivity index (χ4n) is 2.95. The third kappa shape index (κ3) is 5.46. The normalized spacial score (nSPS) is 16.3. The number of hydrogen-bond donors (Lipinski definition) is 1. The molecule has 1 unspecified atom stereocenters. The first-order chi connectivity index (χ1) is 13.1. The average molecular weight is 387 g/mol. The minimum atomic E-state index is -0.453. The van der Waals surface area contributed by atoms with Crippen molar-refractivity contribution in [3.05, 3.63) is 68.4 Å². The summed E-state index contributed by atoms with van der Waals surface area (Å²) in [5, 5.41) is 15.8. The molecule has 3 rings (SSSR count). The van der Waals surface area contributed by atoms with Crippen LogP contribution in [0.1, 0.15) is 16.5 Å². The van der Waals surface area contributed by atoms with Gasteiger partial charge in [0.25, 0.3) is 5.69 Å². The van der Waals surface area contributed by atoms with Gasteiger partial charge in [-0.2, -0.15) is 0 Å². The largest absolute Gasteiger partial charge is 0.379 e. The molecule has 1 aliphatic rings. The number of carbonyl (C=O) groups excluding carboxylic acids is 1. The fraction of sp³-hybridized carbons (Fsp3) is 0.316. The van der Waals surface area contributed by atoms with E-state index in [2.05, 4.69) is 16.3 Å². The monoisotopic (exact) mass is 387 g/mol. The number of amides is 1. The Morgan fingerprint density at radius 2 is 2.15 bits per heavy atom. The van der Waals surface area contributed by atoms with Crippen molar-refractivity contribution in [1.29, 1.82) is 0 Å². The van der Waals surface area contributed by atoms with Gasteiger partial charge in [0.05, 0.1) is 24.2 Å². The number of nitro benzene ring substituents is 1. The predicted molar refractivity (Wildman–Crippen MR) is 105 cm³/mol. The van der Waals surface area contributed by atoms with Gasteiger partial charge in [-0.1, -0.05) is 18.2 Å². The molecular formula is C19H21N3O4S. The first-order valence-electron chi connectivity index (χ1n) is 8.69. The van der Waals surface area contributed by atoms with E-state index in [1.54, 1.807) is 29.5 Å². The highest BCUT2D eigenvalue weighted by Crippen LogP contribution is 2.25. The molecule has 1 aromatic heterocycles. The van der Waals surface area contributed by atoms with E-state index in [1.807, 2.05) is 11.4 Å². The lowest BCUT2D eigenvalue weighted by atomic mass is 10.1. The summed E-state index contributed by atoms with van der Waals surface area (Å²) < 4.78 is 5.42. The van der Waals surface area contributed by atoms with E-state index in [4.69, 9.17) is 4.74 Å². The van der Waals surface area contributed by atoms with Crippen molar-refractivity contribution in [2.24, 2.45) is 0 Å². The summed E-state index contributed by atoms with van der Waals surface area (Å²) in [7, 11) is 0. The summed E-state index contributed by atoms with van der Waals surface area (Å²) in [5.74, 6) is -0.226. The van der Waals surface area contributed by atoms with E-state index in [-0.39, 0.29) is 17.6 Å². The van der Waals surface area contributed by atoms with Gasteiger partial charge in [0.15, 0.2) is 0 Å². The summed E-state index contributed by atoms with van der Waals surface area (Å²) in [4.78, 5) is 26.1. The average Bonchev–Trinajstić information content (AvgIpc) is 3.22. The number of rotatable bonds is 7. The van der Waals surface area contributed by atoms with Crippen molar-refractivity contribution < 1.29 is 14.5 Å². The Bertz CT molecular complexity index is 801. The molecule has 0 radical (unpaired) electrons. The number of ether oxygens (including phenoxy) is 1. The van der Waals surface area contributed by atoms with Crippen LogP contribution < -0.4 is 5.32 Å². The topological polar surface area (TPSA) is 84.7 Å². The molecule has 1 saturated heterocycles. The summed E-state index contributed by atoms with van der Waals surface area (Å²) >= 11 is 1.68. The van der Waals surface area contributed by atoms with E-state index >= 15 is 0 Å². The molecule has 1 aromatic carbocycles. The van der Waals surface area contributed by atoms with Gasteiger partial charge in [0.2, 0.25) is 5.91 Å². The quantitative estimate of drug-likeness (QED) is 0.449. The number of hydrogen-bond acceptors (Lipinski definition) is 6. The molecule has 1 amide bonds. The first kappa shape index (κ1) is 19.2. The summed E-state index contributed by atoms with van der Waals surface area (Å²) in [6.07, 6.45) is 2.99. The zero-order valence-corrected chi connectivity index (χ0v) is 15.6. The molecule has 1 fully saturated rings. The summed E-state index contributed by atoms with van der Waals surface area (Å²) in [6, 6.07) is 10.4. The van der Waals surface area contributed by atoms with Gasteiger partial charge >= 0.3 is 0 Å². The second-order valence-corrected chi connectivity index (χ2v) is 7.09. The molecule has 8 heteroatoms. The molecule has 2 aromatic rings. The van der Waals surface area contributed by atoms with Crippen LogP contribution in [0.2, 0.25) is 0 Å². The molecular weight excluding hydrogens is 366 g/mol. The molecule has 1 atom stereocenters. The zero-order valence-electron chi connectivity index (χ0n) is 14.7. The van der Waals surface area contributed by atoms with Gasteiger partial charge in [0.1, 0.15) is 0 Å². The van der Waals surface area contributed by atoms with Crippen LogP contribution in [0, 0.1) is 10.1 Å². The van der Waals surface area contributed by atoms with E-state index in [0.29, 0.717) is 25.3 Å². The van der Waals surface area contributed by atoms with Gasteiger partial charge < -0.3 is 10.1 Å². The van der Waals surface area contributed by atoms with Crippen LogP contribution in [0.3, 0.4) is 0 Å². The number of nitro groups is 1. The van der Waals surface area contributed by atoms with E-state index < -0.39 is 4.92 Å². The van der Waals surface area contributed by atoms with Crippen molar-refractivity contribution in [3.63, 3.8) is 0 Å². The molecule has 7 nitrogen and oxygen atoms in total. The SMILES string of the molecule is O=C(/C=C/c1cccc([N+](=O)[O-])c1)NCC(c1cccs1)N1CCOCC1. The fourth-order valence-corrected chi connectivity index (χ4v) is 3.81. The second kappa shape index (κ2) is 9.40. The van der Waals surface area contributed by atoms with Crippen LogP contribution in [-0.2, 0) is 9.53 Å². The first-order valence-corrected chi connectivity index (χ1v) is 9.57. The number of benzene rings is 1. The number of non-ortho nitro benzene ring substituents is 1. The standard InChI is InChI=1S/C19H21N3O4S/c23-19(7-6-15-3-1-4-16(13-15)22(24)25)20-14-17(18-5-2-12-27-18)21-8-10-26-11-9-21/h1-7,12-13,17H,8-11,14H2,(H,20,23)/b7-6+. The van der Waals surface area contributed by atoms with Crippen LogP contribution in [-0.4, -0.2) is 48.6 Å². The lowest BCUT2D eigenvalue weighted by Gasteiger charge is -2.34. The van der Waals surface area contributed by atoms with Gasteiger partial charge in [-0.25, -0.2) is 0 Å². The van der Waals surface area contributed by atoms with Gasteiger partial charge in [-0.05, 0) is 23.1 Å². The maximum Gasteiger partial charge on any atom is 0.270 e. The van der Waals surface area contributed by atoms with Gasteiger partial charge in [0, 0.05) is 42.7 Å². The van der Waals surface area contributed by atoms with Gasteiger partial charge in [-0.3, -0.25) is 19.8 Å². The lowest BCUT2D eigenvalue weighted by Crippen LogP contribution is -2.43. The Balaban J connectivity index is 1.60. The number of morpholine rings is 1.